The van der Waals surface area contributed by atoms with Gasteiger partial charge in [-0.25, -0.2) is 0 Å². The van der Waals surface area contributed by atoms with Crippen molar-refractivity contribution in [2.75, 3.05) is 4.43 Å². The Kier molecular flexibility index (Phi) is 7.79. The van der Waals surface area contributed by atoms with Crippen LogP contribution in [0.2, 0.25) is 0 Å². The zero-order valence-corrected chi connectivity index (χ0v) is 18.4. The molecule has 0 spiro atoms. The Morgan fingerprint density at radius 2 is 1.61 bits per heavy atom. The van der Waals surface area contributed by atoms with Crippen LogP contribution >= 0.6 is 22.6 Å². The first-order valence-corrected chi connectivity index (χ1v) is 11.2. The lowest BCUT2D eigenvalue weighted by Gasteiger charge is -2.42. The van der Waals surface area contributed by atoms with Gasteiger partial charge in [-0.15, -0.1) is 0 Å². The Morgan fingerprint density at radius 1 is 1.07 bits per heavy atom. The van der Waals surface area contributed by atoms with E-state index in [0.717, 1.165) is 19.4 Å². The molecule has 28 heavy (non-hydrogen) atoms. The number of aliphatic hydroxyl groups is 1. The fourth-order valence-corrected chi connectivity index (χ4v) is 4.47. The zero-order chi connectivity index (χ0) is 21.1. The standard InChI is InChI=1S/C17H21IO9S/c1-9-4-6-12(7-5-9)28(22,23)27-16-15(25-11(3)20)14(24-10(2)19)13(8-18)26-17(16)21/h4-7,13-17,21H,8H2,1-3H3. The second-order valence-electron chi connectivity index (χ2n) is 6.20. The predicted octanol–water partition coefficient (Wildman–Crippen LogP) is 1.08. The summed E-state index contributed by atoms with van der Waals surface area (Å²) < 4.78 is 46.4. The maximum Gasteiger partial charge on any atom is 0.303 e. The van der Waals surface area contributed by atoms with Crippen molar-refractivity contribution in [2.24, 2.45) is 0 Å². The predicted molar refractivity (Wildman–Crippen MR) is 104 cm³/mol. The molecule has 0 aliphatic carbocycles. The highest BCUT2D eigenvalue weighted by molar-refractivity contribution is 14.1. The van der Waals surface area contributed by atoms with Gasteiger partial charge >= 0.3 is 11.9 Å². The fourth-order valence-electron chi connectivity index (χ4n) is 2.69. The van der Waals surface area contributed by atoms with E-state index in [9.17, 15) is 23.1 Å². The summed E-state index contributed by atoms with van der Waals surface area (Å²) in [4.78, 5) is 22.9. The lowest BCUT2D eigenvalue weighted by Crippen LogP contribution is -2.61. The van der Waals surface area contributed by atoms with Gasteiger partial charge in [0.15, 0.2) is 24.6 Å². The topological polar surface area (TPSA) is 125 Å². The number of hydrogen-bond acceptors (Lipinski definition) is 9. The Labute approximate surface area is 176 Å². The monoisotopic (exact) mass is 528 g/mol. The Hall–Kier alpha value is -1.28. The quantitative estimate of drug-likeness (QED) is 0.250. The zero-order valence-electron chi connectivity index (χ0n) is 15.4. The molecule has 0 saturated carbocycles. The van der Waals surface area contributed by atoms with Gasteiger partial charge in [-0.2, -0.15) is 8.42 Å². The first kappa shape index (κ1) is 23.0. The van der Waals surface area contributed by atoms with Gasteiger partial charge in [0.05, 0.1) is 4.90 Å². The first-order valence-electron chi connectivity index (χ1n) is 8.29. The van der Waals surface area contributed by atoms with Crippen LogP contribution in [0.3, 0.4) is 0 Å². The van der Waals surface area contributed by atoms with Crippen molar-refractivity contribution in [3.05, 3.63) is 29.8 Å². The molecule has 0 radical (unpaired) electrons. The highest BCUT2D eigenvalue weighted by atomic mass is 127. The smallest absolute Gasteiger partial charge is 0.303 e. The summed E-state index contributed by atoms with van der Waals surface area (Å²) in [5.41, 5.74) is 0.845. The highest BCUT2D eigenvalue weighted by Crippen LogP contribution is 2.30. The summed E-state index contributed by atoms with van der Waals surface area (Å²) in [7, 11) is -4.33. The van der Waals surface area contributed by atoms with E-state index in [1.165, 1.54) is 12.1 Å². The molecule has 1 aliphatic rings. The molecular formula is C17H21IO9S. The molecule has 1 aromatic carbocycles. The minimum Gasteiger partial charge on any atom is -0.456 e. The van der Waals surface area contributed by atoms with E-state index >= 15 is 0 Å². The number of hydrogen-bond donors (Lipinski definition) is 1. The lowest BCUT2D eigenvalue weighted by molar-refractivity contribution is -0.276. The maximum atomic E-state index is 12.6. The first-order chi connectivity index (χ1) is 13.0. The number of halogens is 1. The third kappa shape index (κ3) is 5.63. The van der Waals surface area contributed by atoms with Crippen LogP contribution in [0.5, 0.6) is 0 Å². The molecule has 1 heterocycles. The van der Waals surface area contributed by atoms with E-state index in [4.69, 9.17) is 18.4 Å². The van der Waals surface area contributed by atoms with E-state index in [-0.39, 0.29) is 9.32 Å². The van der Waals surface area contributed by atoms with E-state index in [1.54, 1.807) is 19.1 Å². The number of benzene rings is 1. The Bertz CT molecular complexity index is 808. The molecule has 2 rings (SSSR count). The normalized spacial score (nSPS) is 27.8. The summed E-state index contributed by atoms with van der Waals surface area (Å²) >= 11 is 1.94. The molecule has 1 N–H and O–H groups in total. The number of carbonyl (C=O) groups is 2. The SMILES string of the molecule is CC(=O)OC1C(CI)OC(O)C(OS(=O)(=O)c2ccc(C)cc2)C1OC(C)=O. The number of rotatable bonds is 6. The third-order valence-corrected chi connectivity index (χ3v) is 6.11. The van der Waals surface area contributed by atoms with Crippen LogP contribution in [0.1, 0.15) is 19.4 Å². The lowest BCUT2D eigenvalue weighted by atomic mass is 9.99. The molecule has 0 amide bonds. The van der Waals surface area contributed by atoms with Gasteiger partial charge in [0, 0.05) is 18.3 Å². The van der Waals surface area contributed by atoms with Crippen molar-refractivity contribution in [3.8, 4) is 0 Å². The molecule has 0 bridgehead atoms. The van der Waals surface area contributed by atoms with Crippen LogP contribution in [-0.2, 0) is 38.1 Å². The van der Waals surface area contributed by atoms with Crippen LogP contribution in [0.15, 0.2) is 29.2 Å². The van der Waals surface area contributed by atoms with Crippen LogP contribution in [0.4, 0.5) is 0 Å². The van der Waals surface area contributed by atoms with Crippen LogP contribution in [0, 0.1) is 6.92 Å². The van der Waals surface area contributed by atoms with Gasteiger partial charge in [-0.05, 0) is 19.1 Å². The molecule has 1 fully saturated rings. The number of carbonyl (C=O) groups excluding carboxylic acids is 2. The molecule has 1 aromatic rings. The van der Waals surface area contributed by atoms with Crippen LogP contribution < -0.4 is 0 Å². The summed E-state index contributed by atoms with van der Waals surface area (Å²) in [5, 5.41) is 10.3. The molecule has 5 atom stereocenters. The van der Waals surface area contributed by atoms with E-state index in [0.29, 0.717) is 0 Å². The summed E-state index contributed by atoms with van der Waals surface area (Å²) in [6.45, 7) is 4.05. The van der Waals surface area contributed by atoms with Crippen molar-refractivity contribution < 1.29 is 41.5 Å². The summed E-state index contributed by atoms with van der Waals surface area (Å²) in [6.07, 6.45) is -6.72. The average molecular weight is 528 g/mol. The summed E-state index contributed by atoms with van der Waals surface area (Å²) in [5.74, 6) is -1.44. The van der Waals surface area contributed by atoms with Crippen LogP contribution in [0.25, 0.3) is 0 Å². The average Bonchev–Trinajstić information content (AvgIpc) is 2.59. The largest absolute Gasteiger partial charge is 0.456 e. The Morgan fingerprint density at radius 3 is 2.11 bits per heavy atom. The number of aliphatic hydroxyl groups excluding tert-OH is 1. The van der Waals surface area contributed by atoms with Crippen molar-refractivity contribution >= 4 is 44.6 Å². The Balaban J connectivity index is 2.38. The maximum absolute atomic E-state index is 12.6. The van der Waals surface area contributed by atoms with Crippen molar-refractivity contribution in [3.63, 3.8) is 0 Å². The molecule has 5 unspecified atom stereocenters. The van der Waals surface area contributed by atoms with E-state index in [2.05, 4.69) is 0 Å². The van der Waals surface area contributed by atoms with E-state index < -0.39 is 52.8 Å². The van der Waals surface area contributed by atoms with Gasteiger partial charge in [-0.3, -0.25) is 13.8 Å². The van der Waals surface area contributed by atoms with Crippen molar-refractivity contribution in [1.29, 1.82) is 0 Å². The van der Waals surface area contributed by atoms with Gasteiger partial charge in [0.2, 0.25) is 0 Å². The summed E-state index contributed by atoms with van der Waals surface area (Å²) in [6, 6.07) is 5.86. The van der Waals surface area contributed by atoms with Gasteiger partial charge in [0.1, 0.15) is 6.10 Å². The number of alkyl halides is 1. The van der Waals surface area contributed by atoms with E-state index in [1.807, 2.05) is 22.6 Å². The van der Waals surface area contributed by atoms with Crippen molar-refractivity contribution in [2.45, 2.75) is 56.4 Å². The molecule has 156 valence electrons. The molecule has 1 saturated heterocycles. The van der Waals surface area contributed by atoms with Crippen LogP contribution in [-0.4, -0.2) is 60.6 Å². The number of aryl methyl sites for hydroxylation is 1. The highest BCUT2D eigenvalue weighted by Gasteiger charge is 2.51. The van der Waals surface area contributed by atoms with Gasteiger partial charge in [-0.1, -0.05) is 40.3 Å². The second kappa shape index (κ2) is 9.48. The number of ether oxygens (including phenoxy) is 3. The van der Waals surface area contributed by atoms with Gasteiger partial charge in [0.25, 0.3) is 10.1 Å². The molecule has 11 heteroatoms. The fraction of sp³-hybridized carbons (Fsp3) is 0.529. The molecular weight excluding hydrogens is 507 g/mol. The second-order valence-corrected chi connectivity index (χ2v) is 8.65. The van der Waals surface area contributed by atoms with Crippen molar-refractivity contribution in [1.82, 2.24) is 0 Å². The minimum atomic E-state index is -4.33. The number of esters is 2. The third-order valence-electron chi connectivity index (χ3n) is 3.91. The molecule has 0 aromatic heterocycles. The minimum absolute atomic E-state index is 0.146. The molecule has 9 nitrogen and oxygen atoms in total. The molecule has 1 aliphatic heterocycles. The van der Waals surface area contributed by atoms with Gasteiger partial charge < -0.3 is 19.3 Å².